The zero-order valence-electron chi connectivity index (χ0n) is 9.37. The normalized spacial score (nSPS) is 9.41. The Labute approximate surface area is 107 Å². The highest BCUT2D eigenvalue weighted by molar-refractivity contribution is 5.85. The first-order chi connectivity index (χ1) is 7.72. The predicted octanol–water partition coefficient (Wildman–Crippen LogP) is 1.91. The fraction of sp³-hybridized carbons (Fsp3) is 0.333. The first-order valence-corrected chi connectivity index (χ1v) is 5.07. The van der Waals surface area contributed by atoms with Crippen LogP contribution in [0.15, 0.2) is 30.3 Å². The Morgan fingerprint density at radius 3 is 2.53 bits per heavy atom. The standard InChI is InChI=1S/C12H14N2O2.ClH/c13-7-4-8-14(10-12(15)16)9-11-5-2-1-3-6-11;/h1-3,5-6H,4,8-10H2,(H,15,16);1H. The van der Waals surface area contributed by atoms with Crippen molar-refractivity contribution in [3.05, 3.63) is 35.9 Å². The summed E-state index contributed by atoms with van der Waals surface area (Å²) in [5.74, 6) is -0.867. The summed E-state index contributed by atoms with van der Waals surface area (Å²) < 4.78 is 0. The van der Waals surface area contributed by atoms with E-state index in [1.165, 1.54) is 0 Å². The van der Waals surface area contributed by atoms with Gasteiger partial charge in [-0.05, 0) is 5.56 Å². The summed E-state index contributed by atoms with van der Waals surface area (Å²) in [5.41, 5.74) is 1.06. The fourth-order valence-electron chi connectivity index (χ4n) is 1.46. The summed E-state index contributed by atoms with van der Waals surface area (Å²) in [6.07, 6.45) is 0.347. The van der Waals surface area contributed by atoms with E-state index in [1.54, 1.807) is 4.90 Å². The Morgan fingerprint density at radius 2 is 2.00 bits per heavy atom. The van der Waals surface area contributed by atoms with E-state index in [2.05, 4.69) is 0 Å². The molecule has 1 rings (SSSR count). The van der Waals surface area contributed by atoms with Crippen molar-refractivity contribution >= 4 is 18.4 Å². The van der Waals surface area contributed by atoms with Crippen molar-refractivity contribution in [2.75, 3.05) is 13.1 Å². The molecule has 0 aliphatic heterocycles. The third kappa shape index (κ3) is 6.56. The molecule has 0 saturated heterocycles. The predicted molar refractivity (Wildman–Crippen MR) is 66.8 cm³/mol. The Morgan fingerprint density at radius 1 is 1.35 bits per heavy atom. The Bertz CT molecular complexity index is 376. The molecule has 0 heterocycles. The van der Waals surface area contributed by atoms with Gasteiger partial charge in [0.05, 0.1) is 12.6 Å². The van der Waals surface area contributed by atoms with Crippen LogP contribution in [-0.4, -0.2) is 29.1 Å². The molecule has 5 heteroatoms. The first-order valence-electron chi connectivity index (χ1n) is 5.07. The van der Waals surface area contributed by atoms with Gasteiger partial charge in [0, 0.05) is 19.5 Å². The second-order valence-corrected chi connectivity index (χ2v) is 3.50. The quantitative estimate of drug-likeness (QED) is 0.842. The summed E-state index contributed by atoms with van der Waals surface area (Å²) in [5, 5.41) is 17.2. The van der Waals surface area contributed by atoms with Crippen molar-refractivity contribution < 1.29 is 9.90 Å². The van der Waals surface area contributed by atoms with Gasteiger partial charge in [-0.15, -0.1) is 12.4 Å². The number of carboxylic acid groups (broad SMARTS) is 1. The van der Waals surface area contributed by atoms with E-state index in [-0.39, 0.29) is 19.0 Å². The Kier molecular flexibility index (Phi) is 7.78. The molecule has 0 aliphatic rings. The molecule has 0 fully saturated rings. The third-order valence-corrected chi connectivity index (χ3v) is 2.15. The van der Waals surface area contributed by atoms with E-state index >= 15 is 0 Å². The van der Waals surface area contributed by atoms with Crippen molar-refractivity contribution in [1.29, 1.82) is 5.26 Å². The minimum atomic E-state index is -0.867. The van der Waals surface area contributed by atoms with Crippen LogP contribution < -0.4 is 0 Å². The topological polar surface area (TPSA) is 64.3 Å². The van der Waals surface area contributed by atoms with Gasteiger partial charge >= 0.3 is 5.97 Å². The molecule has 0 saturated carbocycles. The summed E-state index contributed by atoms with van der Waals surface area (Å²) in [7, 11) is 0. The number of aliphatic carboxylic acids is 1. The maximum absolute atomic E-state index is 10.6. The molecular weight excluding hydrogens is 240 g/mol. The van der Waals surface area contributed by atoms with Crippen LogP contribution in [0, 0.1) is 11.3 Å². The largest absolute Gasteiger partial charge is 0.480 e. The third-order valence-electron chi connectivity index (χ3n) is 2.15. The van der Waals surface area contributed by atoms with E-state index in [1.807, 2.05) is 36.4 Å². The van der Waals surface area contributed by atoms with Crippen molar-refractivity contribution in [2.45, 2.75) is 13.0 Å². The molecule has 1 aromatic carbocycles. The van der Waals surface area contributed by atoms with Gasteiger partial charge in [-0.3, -0.25) is 9.69 Å². The fourth-order valence-corrected chi connectivity index (χ4v) is 1.46. The van der Waals surface area contributed by atoms with Crippen molar-refractivity contribution in [2.24, 2.45) is 0 Å². The van der Waals surface area contributed by atoms with E-state index in [0.29, 0.717) is 19.5 Å². The van der Waals surface area contributed by atoms with E-state index in [0.717, 1.165) is 5.56 Å². The highest BCUT2D eigenvalue weighted by Crippen LogP contribution is 2.04. The van der Waals surface area contributed by atoms with Gasteiger partial charge in [0.25, 0.3) is 0 Å². The molecule has 0 aromatic heterocycles. The SMILES string of the molecule is Cl.N#CCCN(CC(=O)O)Cc1ccccc1. The number of nitrogens with zero attached hydrogens (tertiary/aromatic N) is 2. The smallest absolute Gasteiger partial charge is 0.317 e. The monoisotopic (exact) mass is 254 g/mol. The van der Waals surface area contributed by atoms with Crippen LogP contribution in [0.25, 0.3) is 0 Å². The number of nitriles is 1. The second kappa shape index (κ2) is 8.57. The highest BCUT2D eigenvalue weighted by Gasteiger charge is 2.09. The van der Waals surface area contributed by atoms with Crippen LogP contribution in [-0.2, 0) is 11.3 Å². The number of carbonyl (C=O) groups is 1. The van der Waals surface area contributed by atoms with E-state index in [9.17, 15) is 4.79 Å². The van der Waals surface area contributed by atoms with Crippen LogP contribution >= 0.6 is 12.4 Å². The number of hydrogen-bond acceptors (Lipinski definition) is 3. The number of halogens is 1. The molecule has 1 N–H and O–H groups in total. The first kappa shape index (κ1) is 15.4. The number of rotatable bonds is 6. The molecule has 92 valence electrons. The maximum Gasteiger partial charge on any atom is 0.317 e. The van der Waals surface area contributed by atoms with Gasteiger partial charge < -0.3 is 5.11 Å². The van der Waals surface area contributed by atoms with Crippen molar-refractivity contribution in [1.82, 2.24) is 4.90 Å². The summed E-state index contributed by atoms with van der Waals surface area (Å²) >= 11 is 0. The molecule has 0 radical (unpaired) electrons. The molecule has 1 aromatic rings. The van der Waals surface area contributed by atoms with Gasteiger partial charge in [-0.2, -0.15) is 5.26 Å². The summed E-state index contributed by atoms with van der Waals surface area (Å²) in [6, 6.07) is 11.7. The average Bonchev–Trinajstić information content (AvgIpc) is 2.26. The minimum Gasteiger partial charge on any atom is -0.480 e. The van der Waals surface area contributed by atoms with Crippen LogP contribution in [0.5, 0.6) is 0 Å². The lowest BCUT2D eigenvalue weighted by molar-refractivity contribution is -0.138. The molecule has 0 amide bonds. The Hall–Kier alpha value is -1.57. The molecule has 0 spiro atoms. The van der Waals surface area contributed by atoms with Crippen molar-refractivity contribution in [3.63, 3.8) is 0 Å². The van der Waals surface area contributed by atoms with E-state index in [4.69, 9.17) is 10.4 Å². The van der Waals surface area contributed by atoms with Crippen molar-refractivity contribution in [3.8, 4) is 6.07 Å². The summed E-state index contributed by atoms with van der Waals surface area (Å²) in [6.45, 7) is 1.02. The number of benzene rings is 1. The molecular formula is C12H15ClN2O2. The van der Waals surface area contributed by atoms with Gasteiger partial charge in [0.15, 0.2) is 0 Å². The molecule has 0 unspecified atom stereocenters. The highest BCUT2D eigenvalue weighted by atomic mass is 35.5. The molecule has 0 atom stereocenters. The zero-order valence-corrected chi connectivity index (χ0v) is 10.2. The molecule has 17 heavy (non-hydrogen) atoms. The lowest BCUT2D eigenvalue weighted by atomic mass is 10.2. The van der Waals surface area contributed by atoms with Crippen LogP contribution in [0.4, 0.5) is 0 Å². The average molecular weight is 255 g/mol. The minimum absolute atomic E-state index is 0. The lowest BCUT2D eigenvalue weighted by Gasteiger charge is -2.18. The van der Waals surface area contributed by atoms with Gasteiger partial charge in [0.2, 0.25) is 0 Å². The Balaban J connectivity index is 0.00000256. The number of hydrogen-bond donors (Lipinski definition) is 1. The molecule has 4 nitrogen and oxygen atoms in total. The molecule has 0 bridgehead atoms. The van der Waals surface area contributed by atoms with Gasteiger partial charge in [-0.25, -0.2) is 0 Å². The molecule has 0 aliphatic carbocycles. The van der Waals surface area contributed by atoms with Crippen LogP contribution in [0.1, 0.15) is 12.0 Å². The maximum atomic E-state index is 10.6. The van der Waals surface area contributed by atoms with E-state index < -0.39 is 5.97 Å². The zero-order chi connectivity index (χ0) is 11.8. The lowest BCUT2D eigenvalue weighted by Crippen LogP contribution is -2.30. The second-order valence-electron chi connectivity index (χ2n) is 3.50. The van der Waals surface area contributed by atoms with Crippen LogP contribution in [0.3, 0.4) is 0 Å². The van der Waals surface area contributed by atoms with Gasteiger partial charge in [-0.1, -0.05) is 30.3 Å². The summed E-state index contributed by atoms with van der Waals surface area (Å²) in [4.78, 5) is 12.4. The number of carboxylic acids is 1. The van der Waals surface area contributed by atoms with Gasteiger partial charge in [0.1, 0.15) is 0 Å². The van der Waals surface area contributed by atoms with Crippen LogP contribution in [0.2, 0.25) is 0 Å².